The van der Waals surface area contributed by atoms with Gasteiger partial charge in [-0.25, -0.2) is 0 Å². The van der Waals surface area contributed by atoms with E-state index in [0.717, 1.165) is 33.2 Å². The first kappa shape index (κ1) is 20.0. The standard InChI is InChI=1S/C25H18ClN3O3/c1-32-24(30)11-14-2-7-21-23(10-14)29-25(31)18-4-3-15(12-22(18)28-21)16-5-6-20(26)19-13-27-9-8-17(16)19/h2-10,12-13,28H,11H2,1H3,(H,29,31). The highest BCUT2D eigenvalue weighted by Gasteiger charge is 2.21. The number of halogens is 1. The van der Waals surface area contributed by atoms with E-state index >= 15 is 0 Å². The Bertz CT molecular complexity index is 1400. The molecule has 0 aliphatic carbocycles. The molecule has 7 heteroatoms. The van der Waals surface area contributed by atoms with E-state index in [9.17, 15) is 9.59 Å². The highest BCUT2D eigenvalue weighted by molar-refractivity contribution is 6.36. The van der Waals surface area contributed by atoms with Crippen LogP contribution in [0.1, 0.15) is 15.9 Å². The number of carbonyl (C=O) groups is 2. The number of methoxy groups -OCH3 is 1. The van der Waals surface area contributed by atoms with Crippen LogP contribution in [0.5, 0.6) is 0 Å². The molecule has 1 aromatic heterocycles. The Morgan fingerprint density at radius 1 is 0.938 bits per heavy atom. The molecule has 0 spiro atoms. The molecule has 158 valence electrons. The number of hydrogen-bond acceptors (Lipinski definition) is 5. The molecular weight excluding hydrogens is 426 g/mol. The molecule has 3 aromatic carbocycles. The molecule has 1 amide bonds. The average molecular weight is 444 g/mol. The van der Waals surface area contributed by atoms with Gasteiger partial charge in [-0.05, 0) is 58.5 Å². The molecule has 0 fully saturated rings. The summed E-state index contributed by atoms with van der Waals surface area (Å²) in [6.45, 7) is 0. The maximum atomic E-state index is 12.9. The van der Waals surface area contributed by atoms with Crippen LogP contribution in [-0.4, -0.2) is 24.0 Å². The van der Waals surface area contributed by atoms with Crippen LogP contribution < -0.4 is 10.6 Å². The maximum Gasteiger partial charge on any atom is 0.309 e. The van der Waals surface area contributed by atoms with Gasteiger partial charge >= 0.3 is 5.97 Å². The molecule has 1 aliphatic rings. The second kappa shape index (κ2) is 7.98. The zero-order valence-electron chi connectivity index (χ0n) is 17.1. The number of carbonyl (C=O) groups excluding carboxylic acids is 2. The predicted molar refractivity (Wildman–Crippen MR) is 126 cm³/mol. The van der Waals surface area contributed by atoms with Gasteiger partial charge in [0.15, 0.2) is 0 Å². The molecule has 32 heavy (non-hydrogen) atoms. The summed E-state index contributed by atoms with van der Waals surface area (Å²) in [5.74, 6) is -0.561. The van der Waals surface area contributed by atoms with Crippen molar-refractivity contribution < 1.29 is 14.3 Å². The molecule has 0 unspecified atom stereocenters. The second-order valence-electron chi connectivity index (χ2n) is 7.49. The molecule has 4 aromatic rings. The summed E-state index contributed by atoms with van der Waals surface area (Å²) in [7, 11) is 1.35. The van der Waals surface area contributed by atoms with Crippen LogP contribution in [0, 0.1) is 0 Å². The molecular formula is C25H18ClN3O3. The lowest BCUT2D eigenvalue weighted by atomic mass is 9.97. The average Bonchev–Trinajstić information content (AvgIpc) is 2.94. The molecule has 0 bridgehead atoms. The number of hydrogen-bond donors (Lipinski definition) is 2. The lowest BCUT2D eigenvalue weighted by Crippen LogP contribution is -2.11. The number of fused-ring (bicyclic) bond motifs is 3. The number of pyridine rings is 1. The van der Waals surface area contributed by atoms with E-state index in [2.05, 4.69) is 15.6 Å². The Morgan fingerprint density at radius 2 is 1.78 bits per heavy atom. The minimum absolute atomic E-state index is 0.134. The van der Waals surface area contributed by atoms with E-state index in [4.69, 9.17) is 16.3 Å². The number of rotatable bonds is 3. The molecule has 2 N–H and O–H groups in total. The SMILES string of the molecule is COC(=O)Cc1ccc2c(c1)NC(=O)c1ccc(-c3ccc(Cl)c4cnccc34)cc1N2. The van der Waals surface area contributed by atoms with Gasteiger partial charge in [0.2, 0.25) is 0 Å². The van der Waals surface area contributed by atoms with Crippen molar-refractivity contribution in [2.45, 2.75) is 6.42 Å². The normalized spacial score (nSPS) is 12.2. The van der Waals surface area contributed by atoms with Gasteiger partial charge in [0.05, 0.1) is 36.2 Å². The third kappa shape index (κ3) is 3.55. The highest BCUT2D eigenvalue weighted by Crippen LogP contribution is 2.38. The number of ether oxygens (including phenoxy) is 1. The monoisotopic (exact) mass is 443 g/mol. The van der Waals surface area contributed by atoms with E-state index in [1.807, 2.05) is 42.5 Å². The largest absolute Gasteiger partial charge is 0.469 e. The van der Waals surface area contributed by atoms with Crippen LogP contribution in [0.4, 0.5) is 17.1 Å². The van der Waals surface area contributed by atoms with Crippen molar-refractivity contribution in [1.29, 1.82) is 0 Å². The van der Waals surface area contributed by atoms with Gasteiger partial charge in [0.1, 0.15) is 0 Å². The molecule has 0 saturated carbocycles. The minimum Gasteiger partial charge on any atom is -0.469 e. The number of amides is 1. The molecule has 6 nitrogen and oxygen atoms in total. The smallest absolute Gasteiger partial charge is 0.309 e. The molecule has 1 aliphatic heterocycles. The molecule has 0 saturated heterocycles. The van der Waals surface area contributed by atoms with E-state index in [1.54, 1.807) is 24.5 Å². The van der Waals surface area contributed by atoms with Gasteiger partial charge < -0.3 is 15.4 Å². The summed E-state index contributed by atoms with van der Waals surface area (Å²) in [4.78, 5) is 28.7. The zero-order chi connectivity index (χ0) is 22.2. The zero-order valence-corrected chi connectivity index (χ0v) is 17.9. The fraction of sp³-hybridized carbons (Fsp3) is 0.0800. The second-order valence-corrected chi connectivity index (χ2v) is 7.90. The molecule has 2 heterocycles. The van der Waals surface area contributed by atoms with Crippen LogP contribution in [0.3, 0.4) is 0 Å². The first-order valence-electron chi connectivity index (χ1n) is 9.98. The molecule has 5 rings (SSSR count). The van der Waals surface area contributed by atoms with Crippen molar-refractivity contribution in [3.63, 3.8) is 0 Å². The lowest BCUT2D eigenvalue weighted by molar-refractivity contribution is -0.139. The van der Waals surface area contributed by atoms with Crippen molar-refractivity contribution in [1.82, 2.24) is 4.98 Å². The Hall–Kier alpha value is -3.90. The first-order valence-corrected chi connectivity index (χ1v) is 10.4. The third-order valence-electron chi connectivity index (χ3n) is 5.52. The summed E-state index contributed by atoms with van der Waals surface area (Å²) in [5, 5.41) is 8.78. The van der Waals surface area contributed by atoms with Crippen molar-refractivity contribution in [3.8, 4) is 11.1 Å². The summed E-state index contributed by atoms with van der Waals surface area (Å²) >= 11 is 6.35. The minimum atomic E-state index is -0.337. The first-order chi connectivity index (χ1) is 15.5. The van der Waals surface area contributed by atoms with Crippen LogP contribution >= 0.6 is 11.6 Å². The third-order valence-corrected chi connectivity index (χ3v) is 5.85. The van der Waals surface area contributed by atoms with Gasteiger partial charge in [-0.1, -0.05) is 29.8 Å². The summed E-state index contributed by atoms with van der Waals surface area (Å²) in [6.07, 6.45) is 3.62. The number of nitrogens with one attached hydrogen (secondary N) is 2. The van der Waals surface area contributed by atoms with Crippen molar-refractivity contribution in [2.75, 3.05) is 17.7 Å². The number of esters is 1. The highest BCUT2D eigenvalue weighted by atomic mass is 35.5. The Labute approximate surface area is 189 Å². The maximum absolute atomic E-state index is 12.9. The van der Waals surface area contributed by atoms with E-state index in [1.165, 1.54) is 7.11 Å². The quantitative estimate of drug-likeness (QED) is 0.404. The van der Waals surface area contributed by atoms with E-state index < -0.39 is 0 Å². The predicted octanol–water partition coefficient (Wildman–Crippen LogP) is 5.58. The van der Waals surface area contributed by atoms with Gasteiger partial charge in [-0.2, -0.15) is 0 Å². The van der Waals surface area contributed by atoms with Crippen LogP contribution in [0.25, 0.3) is 21.9 Å². The van der Waals surface area contributed by atoms with Crippen molar-refractivity contribution in [3.05, 3.63) is 83.1 Å². The lowest BCUT2D eigenvalue weighted by Gasteiger charge is -2.13. The molecule has 0 atom stereocenters. The fourth-order valence-electron chi connectivity index (χ4n) is 3.91. The number of anilines is 3. The van der Waals surface area contributed by atoms with Gasteiger partial charge in [-0.15, -0.1) is 0 Å². The molecule has 0 radical (unpaired) electrons. The Balaban J connectivity index is 1.57. The summed E-state index contributed by atoms with van der Waals surface area (Å²) in [5.41, 5.74) is 5.27. The van der Waals surface area contributed by atoms with Crippen molar-refractivity contribution >= 4 is 51.3 Å². The van der Waals surface area contributed by atoms with Crippen LogP contribution in [0.15, 0.2) is 67.0 Å². The van der Waals surface area contributed by atoms with Crippen LogP contribution in [-0.2, 0) is 16.0 Å². The summed E-state index contributed by atoms with van der Waals surface area (Å²) in [6, 6.07) is 16.9. The topological polar surface area (TPSA) is 80.3 Å². The van der Waals surface area contributed by atoms with E-state index in [0.29, 0.717) is 22.0 Å². The summed E-state index contributed by atoms with van der Waals surface area (Å²) < 4.78 is 4.73. The van der Waals surface area contributed by atoms with Crippen LogP contribution in [0.2, 0.25) is 5.02 Å². The fourth-order valence-corrected chi connectivity index (χ4v) is 4.12. The van der Waals surface area contributed by atoms with E-state index in [-0.39, 0.29) is 18.3 Å². The van der Waals surface area contributed by atoms with Gasteiger partial charge in [-0.3, -0.25) is 14.6 Å². The van der Waals surface area contributed by atoms with Gasteiger partial charge in [0, 0.05) is 22.8 Å². The Morgan fingerprint density at radius 3 is 2.62 bits per heavy atom. The number of benzene rings is 3. The number of aromatic nitrogens is 1. The Kier molecular flexibility index (Phi) is 4.99. The van der Waals surface area contributed by atoms with Gasteiger partial charge in [0.25, 0.3) is 5.91 Å². The van der Waals surface area contributed by atoms with Crippen molar-refractivity contribution in [2.24, 2.45) is 0 Å². The number of nitrogens with zero attached hydrogens (tertiary/aromatic N) is 1.